The number of nitrogens with one attached hydrogen (secondary N) is 1. The fraction of sp³-hybridized carbons (Fsp3) is 0.800. The van der Waals surface area contributed by atoms with Gasteiger partial charge in [-0.05, 0) is 0 Å². The Morgan fingerprint density at radius 2 is 2.14 bits per heavy atom. The zero-order chi connectivity index (χ0) is 10.4. The molecular formula is C10H18N2O2. The lowest BCUT2D eigenvalue weighted by molar-refractivity contribution is -0.126. The highest BCUT2D eigenvalue weighted by Crippen LogP contribution is 2.07. The van der Waals surface area contributed by atoms with Crippen molar-refractivity contribution in [1.29, 1.82) is 0 Å². The van der Waals surface area contributed by atoms with Crippen molar-refractivity contribution in [3.05, 3.63) is 0 Å². The van der Waals surface area contributed by atoms with Crippen molar-refractivity contribution in [2.24, 2.45) is 0 Å². The average molecular weight is 198 g/mol. The second kappa shape index (κ2) is 5.88. The molecule has 1 rings (SSSR count). The van der Waals surface area contributed by atoms with E-state index in [9.17, 15) is 9.59 Å². The zero-order valence-electron chi connectivity index (χ0n) is 8.66. The fourth-order valence-corrected chi connectivity index (χ4v) is 1.80. The molecule has 14 heavy (non-hydrogen) atoms. The summed E-state index contributed by atoms with van der Waals surface area (Å²) in [6, 6.07) is -0.181. The second-order valence-corrected chi connectivity index (χ2v) is 3.52. The van der Waals surface area contributed by atoms with E-state index in [1.165, 1.54) is 0 Å². The first kappa shape index (κ1) is 11.3. The molecule has 0 aromatic rings. The van der Waals surface area contributed by atoms with E-state index in [4.69, 9.17) is 0 Å². The highest BCUT2D eigenvalue weighted by molar-refractivity contribution is 5.85. The van der Waals surface area contributed by atoms with Gasteiger partial charge in [-0.2, -0.15) is 0 Å². The maximum atomic E-state index is 11.6. The molecule has 0 spiro atoms. The largest absolute Gasteiger partial charge is 0.314 e. The first-order valence-corrected chi connectivity index (χ1v) is 5.20. The van der Waals surface area contributed by atoms with Crippen molar-refractivity contribution >= 4 is 12.1 Å². The molecule has 1 aliphatic rings. The molecule has 1 N–H and O–H groups in total. The lowest BCUT2D eigenvalue weighted by Gasteiger charge is -2.32. The predicted octanol–water partition coefficient (Wildman–Crippen LogP) is -0.172. The van der Waals surface area contributed by atoms with Crippen LogP contribution in [0.15, 0.2) is 0 Å². The van der Waals surface area contributed by atoms with Crippen LogP contribution in [0.2, 0.25) is 0 Å². The molecule has 0 aromatic carbocycles. The first-order valence-electron chi connectivity index (χ1n) is 5.20. The number of rotatable bonds is 5. The highest BCUT2D eigenvalue weighted by Gasteiger charge is 2.24. The number of carbonyl (C=O) groups excluding carboxylic acids is 2. The second-order valence-electron chi connectivity index (χ2n) is 3.52. The van der Waals surface area contributed by atoms with Gasteiger partial charge in [0.1, 0.15) is 12.1 Å². The topological polar surface area (TPSA) is 49.4 Å². The number of piperazine rings is 1. The molecule has 80 valence electrons. The van der Waals surface area contributed by atoms with Crippen LogP contribution < -0.4 is 5.32 Å². The Morgan fingerprint density at radius 1 is 1.50 bits per heavy atom. The summed E-state index contributed by atoms with van der Waals surface area (Å²) in [7, 11) is 0. The molecule has 0 aromatic heterocycles. The Hall–Kier alpha value is -0.740. The normalized spacial score (nSPS) is 20.4. The summed E-state index contributed by atoms with van der Waals surface area (Å²) in [5.74, 6) is 0.180. The van der Waals surface area contributed by atoms with Crippen molar-refractivity contribution in [3.8, 4) is 0 Å². The van der Waals surface area contributed by atoms with Crippen molar-refractivity contribution in [1.82, 2.24) is 10.2 Å². The van der Waals surface area contributed by atoms with Gasteiger partial charge in [0.05, 0.1) is 6.04 Å². The van der Waals surface area contributed by atoms with E-state index in [1.807, 2.05) is 6.92 Å². The maximum Gasteiger partial charge on any atom is 0.150 e. The Morgan fingerprint density at radius 3 is 2.64 bits per heavy atom. The molecule has 0 amide bonds. The van der Waals surface area contributed by atoms with Gasteiger partial charge in [0.25, 0.3) is 0 Å². The minimum atomic E-state index is -0.181. The Bertz CT molecular complexity index is 200. The summed E-state index contributed by atoms with van der Waals surface area (Å²) < 4.78 is 0. The lowest BCUT2D eigenvalue weighted by atomic mass is 10.1. The van der Waals surface area contributed by atoms with Gasteiger partial charge in [-0.3, -0.25) is 9.69 Å². The summed E-state index contributed by atoms with van der Waals surface area (Å²) in [6.07, 6.45) is 1.70. The van der Waals surface area contributed by atoms with E-state index in [1.54, 1.807) is 0 Å². The molecule has 1 heterocycles. The van der Waals surface area contributed by atoms with E-state index in [0.717, 1.165) is 32.5 Å². The number of carbonyl (C=O) groups is 2. The molecule has 0 radical (unpaired) electrons. The van der Waals surface area contributed by atoms with Crippen LogP contribution in [0, 0.1) is 0 Å². The van der Waals surface area contributed by atoms with E-state index >= 15 is 0 Å². The minimum Gasteiger partial charge on any atom is -0.314 e. The quantitative estimate of drug-likeness (QED) is 0.623. The van der Waals surface area contributed by atoms with E-state index < -0.39 is 0 Å². The van der Waals surface area contributed by atoms with Gasteiger partial charge >= 0.3 is 0 Å². The first-order chi connectivity index (χ1) is 6.79. The maximum absolute atomic E-state index is 11.6. The Balaban J connectivity index is 2.55. The minimum absolute atomic E-state index is 0.180. The fourth-order valence-electron chi connectivity index (χ4n) is 1.80. The third-order valence-corrected chi connectivity index (χ3v) is 2.63. The van der Waals surface area contributed by atoms with E-state index in [0.29, 0.717) is 12.8 Å². The van der Waals surface area contributed by atoms with Gasteiger partial charge in [-0.25, -0.2) is 0 Å². The molecule has 1 unspecified atom stereocenters. The molecule has 1 saturated heterocycles. The SMILES string of the molecule is CCC(=O)C(CC=O)N1CCNCC1. The summed E-state index contributed by atoms with van der Waals surface area (Å²) in [5, 5.41) is 3.23. The van der Waals surface area contributed by atoms with Crippen molar-refractivity contribution in [2.75, 3.05) is 26.2 Å². The lowest BCUT2D eigenvalue weighted by Crippen LogP contribution is -2.51. The molecule has 0 aliphatic carbocycles. The zero-order valence-corrected chi connectivity index (χ0v) is 8.66. The summed E-state index contributed by atoms with van der Waals surface area (Å²) in [5.41, 5.74) is 0. The van der Waals surface area contributed by atoms with Crippen LogP contribution in [0.4, 0.5) is 0 Å². The number of Topliss-reactive ketones (excluding diaryl/α,β-unsaturated/α-hetero) is 1. The van der Waals surface area contributed by atoms with Gasteiger partial charge < -0.3 is 10.1 Å². The van der Waals surface area contributed by atoms with Crippen LogP contribution in [0.5, 0.6) is 0 Å². The summed E-state index contributed by atoms with van der Waals surface area (Å²) >= 11 is 0. The number of hydrogen-bond donors (Lipinski definition) is 1. The molecule has 4 heteroatoms. The third-order valence-electron chi connectivity index (χ3n) is 2.63. The van der Waals surface area contributed by atoms with Crippen molar-refractivity contribution < 1.29 is 9.59 Å². The van der Waals surface area contributed by atoms with Crippen LogP contribution in [-0.4, -0.2) is 49.2 Å². The molecule has 0 bridgehead atoms. The van der Waals surface area contributed by atoms with Gasteiger partial charge in [0, 0.05) is 39.0 Å². The number of aldehydes is 1. The van der Waals surface area contributed by atoms with Crippen LogP contribution in [0.25, 0.3) is 0 Å². The van der Waals surface area contributed by atoms with Gasteiger partial charge in [-0.1, -0.05) is 6.92 Å². The number of ketones is 1. The van der Waals surface area contributed by atoms with Gasteiger partial charge in [0.15, 0.2) is 0 Å². The van der Waals surface area contributed by atoms with Crippen LogP contribution in [-0.2, 0) is 9.59 Å². The van der Waals surface area contributed by atoms with Gasteiger partial charge in [0.2, 0.25) is 0 Å². The van der Waals surface area contributed by atoms with Crippen molar-refractivity contribution in [3.63, 3.8) is 0 Å². The summed E-state index contributed by atoms with van der Waals surface area (Å²) in [4.78, 5) is 24.2. The predicted molar refractivity (Wildman–Crippen MR) is 54.2 cm³/mol. The molecular weight excluding hydrogens is 180 g/mol. The smallest absolute Gasteiger partial charge is 0.150 e. The standard InChI is InChI=1S/C10H18N2O2/c1-2-10(14)9(3-8-13)12-6-4-11-5-7-12/h8-9,11H,2-7H2,1H3. The molecule has 0 saturated carbocycles. The van der Waals surface area contributed by atoms with E-state index in [2.05, 4.69) is 10.2 Å². The number of nitrogens with zero attached hydrogens (tertiary/aromatic N) is 1. The molecule has 4 nitrogen and oxygen atoms in total. The van der Waals surface area contributed by atoms with Gasteiger partial charge in [-0.15, -0.1) is 0 Å². The van der Waals surface area contributed by atoms with Crippen LogP contribution in [0.3, 0.4) is 0 Å². The molecule has 1 fully saturated rings. The Labute approximate surface area is 84.7 Å². The highest BCUT2D eigenvalue weighted by atomic mass is 16.1. The Kier molecular flexibility index (Phi) is 4.76. The van der Waals surface area contributed by atoms with E-state index in [-0.39, 0.29) is 11.8 Å². The van der Waals surface area contributed by atoms with Crippen LogP contribution in [0.1, 0.15) is 19.8 Å². The molecule has 1 aliphatic heterocycles. The van der Waals surface area contributed by atoms with Crippen molar-refractivity contribution in [2.45, 2.75) is 25.8 Å². The third kappa shape index (κ3) is 2.89. The van der Waals surface area contributed by atoms with Crippen LogP contribution >= 0.6 is 0 Å². The monoisotopic (exact) mass is 198 g/mol. The number of hydrogen-bond acceptors (Lipinski definition) is 4. The molecule has 1 atom stereocenters. The summed E-state index contributed by atoms with van der Waals surface area (Å²) in [6.45, 7) is 5.40. The average Bonchev–Trinajstić information content (AvgIpc) is 2.26.